The predicted molar refractivity (Wildman–Crippen MR) is 61.6 cm³/mol. The van der Waals surface area contributed by atoms with Crippen LogP contribution in [0.15, 0.2) is 40.8 Å². The molecule has 2 aliphatic rings. The van der Waals surface area contributed by atoms with E-state index in [1.165, 1.54) is 0 Å². The monoisotopic (exact) mass is 218 g/mol. The number of aliphatic hydroxyl groups excluding tert-OH is 1. The lowest BCUT2D eigenvalue weighted by atomic mass is 10.0. The van der Waals surface area contributed by atoms with Gasteiger partial charge in [0.1, 0.15) is 0 Å². The number of hydrogen-bond acceptors (Lipinski definition) is 4. The van der Waals surface area contributed by atoms with Gasteiger partial charge in [0.25, 0.3) is 0 Å². The van der Waals surface area contributed by atoms with Crippen molar-refractivity contribution in [3.63, 3.8) is 0 Å². The highest BCUT2D eigenvalue weighted by Crippen LogP contribution is 2.29. The van der Waals surface area contributed by atoms with Crippen LogP contribution in [0.2, 0.25) is 0 Å². The predicted octanol–water partition coefficient (Wildman–Crippen LogP) is 1.36. The molecule has 0 unspecified atom stereocenters. The third-order valence-electron chi connectivity index (χ3n) is 2.75. The quantitative estimate of drug-likeness (QED) is 0.761. The average Bonchev–Trinajstić information content (AvgIpc) is 2.26. The van der Waals surface area contributed by atoms with Crippen molar-refractivity contribution in [1.29, 1.82) is 0 Å². The molecule has 0 fully saturated rings. The number of ketones is 1. The van der Waals surface area contributed by atoms with Crippen molar-refractivity contribution in [2.45, 2.75) is 19.8 Å². The van der Waals surface area contributed by atoms with Gasteiger partial charge in [-0.2, -0.15) is 0 Å². The van der Waals surface area contributed by atoms with Crippen LogP contribution in [0.3, 0.4) is 0 Å². The van der Waals surface area contributed by atoms with Gasteiger partial charge in [-0.15, -0.1) is 0 Å². The molecule has 4 nitrogen and oxygen atoms in total. The molecule has 0 amide bonds. The molecule has 0 aromatic rings. The van der Waals surface area contributed by atoms with Crippen LogP contribution in [0.1, 0.15) is 19.8 Å². The first kappa shape index (κ1) is 10.8. The minimum absolute atomic E-state index is 0.00560. The Kier molecular flexibility index (Phi) is 2.75. The molecule has 2 rings (SSSR count). The summed E-state index contributed by atoms with van der Waals surface area (Å²) in [5.74, 6) is 0.442. The van der Waals surface area contributed by atoms with Crippen LogP contribution >= 0.6 is 0 Å². The van der Waals surface area contributed by atoms with E-state index in [-0.39, 0.29) is 12.4 Å². The Morgan fingerprint density at radius 2 is 2.38 bits per heavy atom. The number of fused-ring (bicyclic) bond motifs is 1. The van der Waals surface area contributed by atoms with E-state index < -0.39 is 0 Å². The molecule has 84 valence electrons. The van der Waals surface area contributed by atoms with Gasteiger partial charge in [0, 0.05) is 30.6 Å². The Balaban J connectivity index is 2.45. The van der Waals surface area contributed by atoms with Gasteiger partial charge in [-0.1, -0.05) is 12.7 Å². The number of aliphatic imine (C=N–C) groups is 1. The van der Waals surface area contributed by atoms with E-state index in [4.69, 9.17) is 5.11 Å². The van der Waals surface area contributed by atoms with E-state index in [0.29, 0.717) is 18.7 Å². The molecule has 2 aliphatic heterocycles. The summed E-state index contributed by atoms with van der Waals surface area (Å²) in [7, 11) is 0. The molecule has 0 aromatic carbocycles. The van der Waals surface area contributed by atoms with Crippen molar-refractivity contribution in [3.05, 3.63) is 35.8 Å². The maximum atomic E-state index is 11.6. The zero-order valence-corrected chi connectivity index (χ0v) is 9.23. The van der Waals surface area contributed by atoms with Gasteiger partial charge in [0.15, 0.2) is 5.84 Å². The number of hydrogen-bond donors (Lipinski definition) is 1. The van der Waals surface area contributed by atoms with Crippen LogP contribution in [0.5, 0.6) is 0 Å². The zero-order chi connectivity index (χ0) is 11.7. The van der Waals surface area contributed by atoms with E-state index in [1.807, 2.05) is 13.1 Å². The van der Waals surface area contributed by atoms with Gasteiger partial charge in [-0.05, 0) is 18.9 Å². The average molecular weight is 218 g/mol. The molecule has 1 N–H and O–H groups in total. The number of nitrogens with zero attached hydrogens (tertiary/aromatic N) is 2. The highest BCUT2D eigenvalue weighted by Gasteiger charge is 2.28. The van der Waals surface area contributed by atoms with Crippen LogP contribution in [0, 0.1) is 0 Å². The van der Waals surface area contributed by atoms with Gasteiger partial charge in [-0.25, -0.2) is 4.99 Å². The summed E-state index contributed by atoms with van der Waals surface area (Å²) in [5, 5.41) is 8.97. The Morgan fingerprint density at radius 1 is 1.62 bits per heavy atom. The lowest BCUT2D eigenvalue weighted by molar-refractivity contribution is -0.112. The number of carbonyl (C=O) groups excluding carboxylic acids is 1. The Bertz CT molecular complexity index is 444. The van der Waals surface area contributed by atoms with E-state index in [2.05, 4.69) is 11.6 Å². The number of amidine groups is 1. The van der Waals surface area contributed by atoms with E-state index >= 15 is 0 Å². The van der Waals surface area contributed by atoms with Gasteiger partial charge >= 0.3 is 0 Å². The fourth-order valence-electron chi connectivity index (χ4n) is 1.91. The normalized spacial score (nSPS) is 20.1. The van der Waals surface area contributed by atoms with Crippen molar-refractivity contribution in [3.8, 4) is 0 Å². The molecule has 0 spiro atoms. The largest absolute Gasteiger partial charge is 0.396 e. The zero-order valence-electron chi connectivity index (χ0n) is 9.23. The standard InChI is InChI=1S/C12H14N2O2/c1-8-10(5-7-15)9(2)14-6-3-4-11(16)12(14)13-8/h3,6,15H,2,4-5,7H2,1H3. The second-order valence-electron chi connectivity index (χ2n) is 3.80. The molecule has 0 atom stereocenters. The summed E-state index contributed by atoms with van der Waals surface area (Å²) in [5.41, 5.74) is 2.42. The molecule has 2 heterocycles. The maximum absolute atomic E-state index is 11.6. The molecule has 0 aromatic heterocycles. The number of rotatable bonds is 2. The van der Waals surface area contributed by atoms with E-state index in [1.54, 1.807) is 11.0 Å². The van der Waals surface area contributed by atoms with Crippen LogP contribution in [0.4, 0.5) is 0 Å². The molecular weight excluding hydrogens is 204 g/mol. The topological polar surface area (TPSA) is 52.9 Å². The third-order valence-corrected chi connectivity index (χ3v) is 2.75. The molecule has 0 aliphatic carbocycles. The van der Waals surface area contributed by atoms with Crippen LogP contribution in [-0.4, -0.2) is 28.2 Å². The maximum Gasteiger partial charge on any atom is 0.202 e. The van der Waals surface area contributed by atoms with Gasteiger partial charge in [0.2, 0.25) is 5.78 Å². The van der Waals surface area contributed by atoms with Crippen molar-refractivity contribution in [2.24, 2.45) is 4.99 Å². The van der Waals surface area contributed by atoms with Crippen LogP contribution < -0.4 is 0 Å². The first-order valence-electron chi connectivity index (χ1n) is 5.23. The van der Waals surface area contributed by atoms with Crippen molar-refractivity contribution in [2.75, 3.05) is 6.61 Å². The van der Waals surface area contributed by atoms with E-state index in [9.17, 15) is 4.79 Å². The molecule has 16 heavy (non-hydrogen) atoms. The molecule has 0 saturated carbocycles. The minimum atomic E-state index is 0.00560. The lowest BCUT2D eigenvalue weighted by Gasteiger charge is -2.31. The first-order chi connectivity index (χ1) is 7.65. The van der Waals surface area contributed by atoms with Crippen LogP contribution in [-0.2, 0) is 4.79 Å². The third kappa shape index (κ3) is 1.61. The summed E-state index contributed by atoms with van der Waals surface area (Å²) >= 11 is 0. The number of allylic oxidation sites excluding steroid dienone is 3. The number of aliphatic hydroxyl groups is 1. The highest BCUT2D eigenvalue weighted by molar-refractivity contribution is 6.40. The Hall–Kier alpha value is -1.68. The smallest absolute Gasteiger partial charge is 0.202 e. The van der Waals surface area contributed by atoms with Gasteiger partial charge in [0.05, 0.1) is 0 Å². The molecule has 4 heteroatoms. The Morgan fingerprint density at radius 3 is 3.06 bits per heavy atom. The molecule has 0 radical (unpaired) electrons. The second-order valence-corrected chi connectivity index (χ2v) is 3.80. The SMILES string of the molecule is C=C1C(CCO)=C(C)N=C2C(=O)CC=CN12. The van der Waals surface area contributed by atoms with Crippen LogP contribution in [0.25, 0.3) is 0 Å². The number of carbonyl (C=O) groups is 1. The second kappa shape index (κ2) is 4.06. The highest BCUT2D eigenvalue weighted by atomic mass is 16.3. The fourth-order valence-corrected chi connectivity index (χ4v) is 1.91. The minimum Gasteiger partial charge on any atom is -0.396 e. The summed E-state index contributed by atoms with van der Waals surface area (Å²) in [6.45, 7) is 5.85. The fraction of sp³-hybridized carbons (Fsp3) is 0.333. The molecule has 0 bridgehead atoms. The molecular formula is C12H14N2O2. The first-order valence-corrected chi connectivity index (χ1v) is 5.23. The van der Waals surface area contributed by atoms with Crippen molar-refractivity contribution < 1.29 is 9.90 Å². The summed E-state index contributed by atoms with van der Waals surface area (Å²) in [4.78, 5) is 17.6. The molecule has 0 saturated heterocycles. The van der Waals surface area contributed by atoms with Crippen molar-refractivity contribution >= 4 is 11.6 Å². The summed E-state index contributed by atoms with van der Waals surface area (Å²) in [6.07, 6.45) is 4.52. The Labute approximate surface area is 94.3 Å². The van der Waals surface area contributed by atoms with E-state index in [0.717, 1.165) is 17.0 Å². The summed E-state index contributed by atoms with van der Waals surface area (Å²) < 4.78 is 0. The van der Waals surface area contributed by atoms with Gasteiger partial charge < -0.3 is 5.11 Å². The van der Waals surface area contributed by atoms with Crippen molar-refractivity contribution in [1.82, 2.24) is 4.90 Å². The lowest BCUT2D eigenvalue weighted by Crippen LogP contribution is -2.37. The number of Topliss-reactive ketones (excluding diaryl/α,β-unsaturated/α-hetero) is 1. The van der Waals surface area contributed by atoms with Gasteiger partial charge in [-0.3, -0.25) is 9.69 Å². The summed E-state index contributed by atoms with van der Waals surface area (Å²) in [6, 6.07) is 0.